The molecule has 0 aromatic rings. The zero-order chi connectivity index (χ0) is 18.2. The molecule has 144 valence electrons. The molecule has 0 aromatic heterocycles. The van der Waals surface area contributed by atoms with Gasteiger partial charge in [-0.2, -0.15) is 0 Å². The number of rotatable bonds is 5. The van der Waals surface area contributed by atoms with Crippen LogP contribution in [-0.4, -0.2) is 85.0 Å². The number of nitrogens with one attached hydrogen (secondary N) is 1. The first-order valence-corrected chi connectivity index (χ1v) is 10.1. The van der Waals surface area contributed by atoms with Gasteiger partial charge in [0.05, 0.1) is 6.54 Å². The van der Waals surface area contributed by atoms with Crippen molar-refractivity contribution in [2.24, 2.45) is 10.9 Å². The van der Waals surface area contributed by atoms with Crippen molar-refractivity contribution in [1.82, 2.24) is 20.0 Å². The molecule has 2 aliphatic rings. The van der Waals surface area contributed by atoms with E-state index < -0.39 is 0 Å². The first-order chi connectivity index (χ1) is 12.1. The molecule has 1 atom stereocenters. The Labute approximate surface area is 153 Å². The summed E-state index contributed by atoms with van der Waals surface area (Å²) in [4.78, 5) is 24.0. The second-order valence-corrected chi connectivity index (χ2v) is 7.44. The van der Waals surface area contributed by atoms with Crippen molar-refractivity contribution in [3.63, 3.8) is 0 Å². The molecule has 2 fully saturated rings. The fraction of sp³-hybridized carbons (Fsp3) is 0.895. The number of aliphatic imine (C=N–C) groups is 1. The summed E-state index contributed by atoms with van der Waals surface area (Å²) in [5.41, 5.74) is 0. The summed E-state index contributed by atoms with van der Waals surface area (Å²) in [6.45, 7) is 15.7. The number of carbonyl (C=O) groups is 1. The van der Waals surface area contributed by atoms with Crippen LogP contribution in [0.25, 0.3) is 0 Å². The van der Waals surface area contributed by atoms with E-state index in [9.17, 15) is 4.79 Å². The number of amides is 1. The number of hydrogen-bond donors (Lipinski definition) is 1. The quantitative estimate of drug-likeness (QED) is 0.604. The van der Waals surface area contributed by atoms with Crippen LogP contribution in [0, 0.1) is 5.92 Å². The summed E-state index contributed by atoms with van der Waals surface area (Å²) >= 11 is 0. The summed E-state index contributed by atoms with van der Waals surface area (Å²) in [5.74, 6) is 1.36. The lowest BCUT2D eigenvalue weighted by molar-refractivity contribution is -0.135. The number of carbonyl (C=O) groups excluding carboxylic acids is 1. The summed E-state index contributed by atoms with van der Waals surface area (Å²) in [6.07, 6.45) is 3.90. The number of piperazine rings is 1. The summed E-state index contributed by atoms with van der Waals surface area (Å²) < 4.78 is 0. The van der Waals surface area contributed by atoms with Crippen LogP contribution in [0.4, 0.5) is 0 Å². The summed E-state index contributed by atoms with van der Waals surface area (Å²) in [5, 5.41) is 3.45. The lowest BCUT2D eigenvalue weighted by Crippen LogP contribution is -2.54. The maximum absolute atomic E-state index is 12.2. The van der Waals surface area contributed by atoms with Crippen LogP contribution in [0.5, 0.6) is 0 Å². The van der Waals surface area contributed by atoms with Gasteiger partial charge in [-0.25, -0.2) is 0 Å². The Hall–Kier alpha value is -1.30. The van der Waals surface area contributed by atoms with Crippen molar-refractivity contribution in [3.05, 3.63) is 0 Å². The van der Waals surface area contributed by atoms with Gasteiger partial charge < -0.3 is 15.1 Å². The molecule has 0 aromatic carbocycles. The zero-order valence-electron chi connectivity index (χ0n) is 16.6. The molecular formula is C19H37N5O. The summed E-state index contributed by atoms with van der Waals surface area (Å²) in [6, 6.07) is 0.580. The Bertz CT molecular complexity index is 443. The highest BCUT2D eigenvalue weighted by Crippen LogP contribution is 2.17. The number of likely N-dealkylation sites (N-methyl/N-ethyl adjacent to an activating group) is 1. The van der Waals surface area contributed by atoms with Crippen LogP contribution in [0.1, 0.15) is 47.0 Å². The Morgan fingerprint density at radius 1 is 1.08 bits per heavy atom. The van der Waals surface area contributed by atoms with E-state index in [1.165, 1.54) is 25.8 Å². The van der Waals surface area contributed by atoms with Gasteiger partial charge in [0.2, 0.25) is 5.91 Å². The first-order valence-electron chi connectivity index (χ1n) is 10.1. The molecular weight excluding hydrogens is 314 g/mol. The maximum atomic E-state index is 12.2. The van der Waals surface area contributed by atoms with Crippen molar-refractivity contribution in [3.8, 4) is 0 Å². The van der Waals surface area contributed by atoms with E-state index in [1.54, 1.807) is 0 Å². The normalized spacial score (nSPS) is 23.2. The fourth-order valence-corrected chi connectivity index (χ4v) is 3.80. The van der Waals surface area contributed by atoms with Crippen molar-refractivity contribution in [1.29, 1.82) is 0 Å². The molecule has 0 spiro atoms. The second kappa shape index (κ2) is 10.00. The molecule has 1 unspecified atom stereocenters. The van der Waals surface area contributed by atoms with Gasteiger partial charge in [0.1, 0.15) is 0 Å². The topological polar surface area (TPSA) is 51.2 Å². The third kappa shape index (κ3) is 5.59. The number of piperidine rings is 1. The molecule has 1 amide bonds. The van der Waals surface area contributed by atoms with Crippen molar-refractivity contribution in [2.75, 3.05) is 52.4 Å². The predicted octanol–water partition coefficient (Wildman–Crippen LogP) is 1.63. The van der Waals surface area contributed by atoms with E-state index >= 15 is 0 Å². The smallest absolute Gasteiger partial charge is 0.225 e. The molecule has 2 aliphatic heterocycles. The number of guanidine groups is 1. The highest BCUT2D eigenvalue weighted by atomic mass is 16.2. The molecule has 0 radical (unpaired) electrons. The SMILES string of the molecule is CCNC(=NCC1CCCCN1CC)N1CCN(C(=O)C(C)C)CC1. The minimum Gasteiger partial charge on any atom is -0.357 e. The molecule has 1 N–H and O–H groups in total. The van der Waals surface area contributed by atoms with Crippen LogP contribution in [0.15, 0.2) is 4.99 Å². The molecule has 6 heteroatoms. The van der Waals surface area contributed by atoms with E-state index in [0.717, 1.165) is 51.8 Å². The Morgan fingerprint density at radius 2 is 1.76 bits per heavy atom. The van der Waals surface area contributed by atoms with Crippen LogP contribution in [0.3, 0.4) is 0 Å². The van der Waals surface area contributed by atoms with Gasteiger partial charge in [0.15, 0.2) is 5.96 Å². The van der Waals surface area contributed by atoms with Crippen LogP contribution in [0.2, 0.25) is 0 Å². The molecule has 25 heavy (non-hydrogen) atoms. The van der Waals surface area contributed by atoms with E-state index in [1.807, 2.05) is 18.7 Å². The summed E-state index contributed by atoms with van der Waals surface area (Å²) in [7, 11) is 0. The van der Waals surface area contributed by atoms with E-state index in [4.69, 9.17) is 4.99 Å². The molecule has 0 aliphatic carbocycles. The van der Waals surface area contributed by atoms with Crippen LogP contribution >= 0.6 is 0 Å². The Kier molecular flexibility index (Phi) is 8.00. The van der Waals surface area contributed by atoms with Gasteiger partial charge >= 0.3 is 0 Å². The molecule has 2 rings (SSSR count). The van der Waals surface area contributed by atoms with Gasteiger partial charge in [0, 0.05) is 44.7 Å². The van der Waals surface area contributed by atoms with E-state index in [0.29, 0.717) is 6.04 Å². The van der Waals surface area contributed by atoms with Gasteiger partial charge in [0.25, 0.3) is 0 Å². The average Bonchev–Trinajstić information content (AvgIpc) is 2.64. The molecule has 0 bridgehead atoms. The third-order valence-electron chi connectivity index (χ3n) is 5.33. The van der Waals surface area contributed by atoms with Crippen molar-refractivity contribution >= 4 is 11.9 Å². The second-order valence-electron chi connectivity index (χ2n) is 7.44. The van der Waals surface area contributed by atoms with Gasteiger partial charge in [-0.15, -0.1) is 0 Å². The fourth-order valence-electron chi connectivity index (χ4n) is 3.80. The first kappa shape index (κ1) is 20.0. The molecule has 2 saturated heterocycles. The number of nitrogens with zero attached hydrogens (tertiary/aromatic N) is 4. The molecule has 0 saturated carbocycles. The molecule has 6 nitrogen and oxygen atoms in total. The van der Waals surface area contributed by atoms with Crippen molar-refractivity contribution < 1.29 is 4.79 Å². The highest BCUT2D eigenvalue weighted by Gasteiger charge is 2.25. The largest absolute Gasteiger partial charge is 0.357 e. The van der Waals surface area contributed by atoms with E-state index in [-0.39, 0.29) is 11.8 Å². The Morgan fingerprint density at radius 3 is 2.36 bits per heavy atom. The van der Waals surface area contributed by atoms with Crippen molar-refractivity contribution in [2.45, 2.75) is 53.0 Å². The zero-order valence-corrected chi connectivity index (χ0v) is 16.6. The van der Waals surface area contributed by atoms with Crippen LogP contribution < -0.4 is 5.32 Å². The van der Waals surface area contributed by atoms with Gasteiger partial charge in [-0.05, 0) is 32.9 Å². The van der Waals surface area contributed by atoms with Crippen LogP contribution in [-0.2, 0) is 4.79 Å². The standard InChI is InChI=1S/C19H37N5O/c1-5-20-19(21-15-17-9-7-8-10-22(17)6-2)24-13-11-23(12-14-24)18(25)16(3)4/h16-17H,5-15H2,1-4H3,(H,20,21). The minimum absolute atomic E-state index is 0.0831. The lowest BCUT2D eigenvalue weighted by atomic mass is 10.0. The Balaban J connectivity index is 1.92. The highest BCUT2D eigenvalue weighted by molar-refractivity contribution is 5.81. The monoisotopic (exact) mass is 351 g/mol. The minimum atomic E-state index is 0.0831. The molecule has 2 heterocycles. The third-order valence-corrected chi connectivity index (χ3v) is 5.33. The predicted molar refractivity (Wildman–Crippen MR) is 104 cm³/mol. The van der Waals surface area contributed by atoms with E-state index in [2.05, 4.69) is 29.0 Å². The van der Waals surface area contributed by atoms with Gasteiger partial charge in [-0.1, -0.05) is 27.2 Å². The number of hydrogen-bond acceptors (Lipinski definition) is 3. The lowest BCUT2D eigenvalue weighted by Gasteiger charge is -2.38. The average molecular weight is 352 g/mol. The maximum Gasteiger partial charge on any atom is 0.225 e. The number of likely N-dealkylation sites (tertiary alicyclic amines) is 1. The van der Waals surface area contributed by atoms with Gasteiger partial charge in [-0.3, -0.25) is 14.7 Å².